The van der Waals surface area contributed by atoms with Gasteiger partial charge in [-0.15, -0.1) is 22.7 Å². The summed E-state index contributed by atoms with van der Waals surface area (Å²) >= 11 is 3.55. The van der Waals surface area contributed by atoms with Crippen LogP contribution < -0.4 is 11.5 Å². The average Bonchev–Trinajstić information content (AvgIpc) is 3.67. The molecule has 6 rings (SSSR count). The third-order valence-corrected chi connectivity index (χ3v) is 8.84. The van der Waals surface area contributed by atoms with Crippen molar-refractivity contribution in [3.8, 4) is 22.5 Å². The zero-order chi connectivity index (χ0) is 23.3. The van der Waals surface area contributed by atoms with E-state index in [1.165, 1.54) is 34.0 Å². The molecule has 0 radical (unpaired) electrons. The number of hydrogen-bond acceptors (Lipinski definition) is 6. The number of benzene rings is 2. The van der Waals surface area contributed by atoms with Crippen LogP contribution in [-0.2, 0) is 0 Å². The highest BCUT2D eigenvalue weighted by molar-refractivity contribution is 7.10. The molecular formula is C28H32N4S2. The zero-order valence-electron chi connectivity index (χ0n) is 19.3. The van der Waals surface area contributed by atoms with Crippen LogP contribution in [0.5, 0.6) is 0 Å². The molecule has 0 spiro atoms. The SMILES string of the molecule is N[C@H]1CC[C@@H](c2nc(-c3ccccc3)cs2)C1.N[C@H]1CC[C@H](c2nc(-c3ccccc3)cs2)C1. The van der Waals surface area contributed by atoms with Crippen LogP contribution in [0.3, 0.4) is 0 Å². The highest BCUT2D eigenvalue weighted by Gasteiger charge is 2.26. The van der Waals surface area contributed by atoms with Crippen LogP contribution in [0.2, 0.25) is 0 Å². The lowest BCUT2D eigenvalue weighted by molar-refractivity contribution is 0.672. The second-order valence-corrected chi connectivity index (χ2v) is 11.2. The summed E-state index contributed by atoms with van der Waals surface area (Å²) in [5.41, 5.74) is 16.5. The highest BCUT2D eigenvalue weighted by Crippen LogP contribution is 2.37. The van der Waals surface area contributed by atoms with Gasteiger partial charge in [-0.05, 0) is 38.5 Å². The molecular weight excluding hydrogens is 456 g/mol. The van der Waals surface area contributed by atoms with Crippen molar-refractivity contribution in [1.82, 2.24) is 9.97 Å². The molecule has 0 amide bonds. The Morgan fingerprint density at radius 3 is 1.35 bits per heavy atom. The smallest absolute Gasteiger partial charge is 0.0964 e. The molecule has 176 valence electrons. The fourth-order valence-electron chi connectivity index (χ4n) is 4.91. The number of thiazole rings is 2. The van der Waals surface area contributed by atoms with Crippen molar-refractivity contribution in [2.75, 3.05) is 0 Å². The molecule has 4 aromatic rings. The first-order valence-corrected chi connectivity index (χ1v) is 13.9. The molecule has 2 aliphatic carbocycles. The minimum absolute atomic E-state index is 0.379. The van der Waals surface area contributed by atoms with E-state index >= 15 is 0 Å². The van der Waals surface area contributed by atoms with E-state index in [0.717, 1.165) is 37.1 Å². The van der Waals surface area contributed by atoms with Gasteiger partial charge in [-0.3, -0.25) is 0 Å². The van der Waals surface area contributed by atoms with E-state index < -0.39 is 0 Å². The summed E-state index contributed by atoms with van der Waals surface area (Å²) in [6.45, 7) is 0. The molecule has 2 aromatic carbocycles. The molecule has 4 nitrogen and oxygen atoms in total. The van der Waals surface area contributed by atoms with Gasteiger partial charge in [0, 0.05) is 45.8 Å². The largest absolute Gasteiger partial charge is 0.328 e. The Hall–Kier alpha value is -2.38. The fourth-order valence-corrected chi connectivity index (χ4v) is 6.87. The van der Waals surface area contributed by atoms with Crippen molar-refractivity contribution in [2.45, 2.75) is 62.4 Å². The molecule has 2 aromatic heterocycles. The monoisotopic (exact) mass is 488 g/mol. The quantitative estimate of drug-likeness (QED) is 0.331. The summed E-state index contributed by atoms with van der Waals surface area (Å²) in [5, 5.41) is 6.84. The average molecular weight is 489 g/mol. The number of rotatable bonds is 4. The van der Waals surface area contributed by atoms with Crippen LogP contribution in [0.25, 0.3) is 22.5 Å². The molecule has 2 saturated carbocycles. The van der Waals surface area contributed by atoms with Gasteiger partial charge >= 0.3 is 0 Å². The van der Waals surface area contributed by atoms with Crippen molar-refractivity contribution in [3.63, 3.8) is 0 Å². The minimum atomic E-state index is 0.379. The van der Waals surface area contributed by atoms with E-state index in [1.807, 2.05) is 12.1 Å². The van der Waals surface area contributed by atoms with Gasteiger partial charge in [0.2, 0.25) is 0 Å². The van der Waals surface area contributed by atoms with Gasteiger partial charge in [0.1, 0.15) is 0 Å². The van der Waals surface area contributed by atoms with Crippen LogP contribution in [0.15, 0.2) is 71.4 Å². The normalized spacial score (nSPS) is 24.1. The first kappa shape index (κ1) is 23.4. The second-order valence-electron chi connectivity index (χ2n) is 9.41. The van der Waals surface area contributed by atoms with E-state index in [-0.39, 0.29) is 0 Å². The molecule has 0 bridgehead atoms. The van der Waals surface area contributed by atoms with Crippen LogP contribution >= 0.6 is 22.7 Å². The fraction of sp³-hybridized carbons (Fsp3) is 0.357. The number of hydrogen-bond donors (Lipinski definition) is 2. The molecule has 34 heavy (non-hydrogen) atoms. The van der Waals surface area contributed by atoms with Crippen molar-refractivity contribution < 1.29 is 0 Å². The summed E-state index contributed by atoms with van der Waals surface area (Å²) in [6, 6.07) is 21.5. The Bertz CT molecular complexity index is 1080. The summed E-state index contributed by atoms with van der Waals surface area (Å²) in [7, 11) is 0. The lowest BCUT2D eigenvalue weighted by Gasteiger charge is -2.04. The van der Waals surface area contributed by atoms with Crippen molar-refractivity contribution in [3.05, 3.63) is 81.4 Å². The van der Waals surface area contributed by atoms with Gasteiger partial charge in [0.25, 0.3) is 0 Å². The Balaban J connectivity index is 0.000000142. The van der Waals surface area contributed by atoms with Crippen molar-refractivity contribution in [1.29, 1.82) is 0 Å². The van der Waals surface area contributed by atoms with Crippen molar-refractivity contribution >= 4 is 22.7 Å². The number of nitrogens with zero attached hydrogens (tertiary/aromatic N) is 2. The Labute approximate surface area is 210 Å². The third-order valence-electron chi connectivity index (χ3n) is 6.83. The molecule has 4 atom stereocenters. The molecule has 2 heterocycles. The van der Waals surface area contributed by atoms with Gasteiger partial charge in [-0.2, -0.15) is 0 Å². The lowest BCUT2D eigenvalue weighted by atomic mass is 10.1. The predicted octanol–water partition coefficient (Wildman–Crippen LogP) is 6.81. The van der Waals surface area contributed by atoms with Crippen molar-refractivity contribution in [2.24, 2.45) is 11.5 Å². The van der Waals surface area contributed by atoms with Crippen LogP contribution in [0, 0.1) is 0 Å². The highest BCUT2D eigenvalue weighted by atomic mass is 32.1. The van der Waals surface area contributed by atoms with Gasteiger partial charge in [0.05, 0.1) is 21.4 Å². The predicted molar refractivity (Wildman–Crippen MR) is 144 cm³/mol. The molecule has 4 N–H and O–H groups in total. The maximum Gasteiger partial charge on any atom is 0.0964 e. The Morgan fingerprint density at radius 2 is 1.00 bits per heavy atom. The van der Waals surface area contributed by atoms with E-state index in [1.54, 1.807) is 22.7 Å². The molecule has 0 unspecified atom stereocenters. The van der Waals surface area contributed by atoms with E-state index in [2.05, 4.69) is 59.3 Å². The minimum Gasteiger partial charge on any atom is -0.328 e. The van der Waals surface area contributed by atoms with E-state index in [0.29, 0.717) is 23.9 Å². The molecule has 2 aliphatic rings. The number of aromatic nitrogens is 2. The Kier molecular flexibility index (Phi) is 7.50. The standard InChI is InChI=1S/2C14H16N2S/c2*15-12-7-6-11(8-12)14-16-13(9-17-14)10-4-2-1-3-5-10/h2*1-5,9,11-12H,6-8,15H2/t11-,12+;11-,12-/m10/s1. The van der Waals surface area contributed by atoms with Gasteiger partial charge < -0.3 is 11.5 Å². The first-order chi connectivity index (χ1) is 16.7. The van der Waals surface area contributed by atoms with Gasteiger partial charge in [-0.25, -0.2) is 9.97 Å². The maximum atomic E-state index is 5.96. The topological polar surface area (TPSA) is 77.8 Å². The molecule has 0 saturated heterocycles. The Morgan fingerprint density at radius 1 is 0.588 bits per heavy atom. The first-order valence-electron chi connectivity index (χ1n) is 12.2. The zero-order valence-corrected chi connectivity index (χ0v) is 21.0. The van der Waals surface area contributed by atoms with Crippen LogP contribution in [-0.4, -0.2) is 22.1 Å². The summed E-state index contributed by atoms with van der Waals surface area (Å²) in [5.74, 6) is 1.18. The molecule has 2 fully saturated rings. The van der Waals surface area contributed by atoms with Gasteiger partial charge in [0.15, 0.2) is 0 Å². The van der Waals surface area contributed by atoms with Gasteiger partial charge in [-0.1, -0.05) is 60.7 Å². The second kappa shape index (κ2) is 10.9. The third kappa shape index (κ3) is 5.63. The summed E-state index contributed by atoms with van der Waals surface area (Å²) in [6.07, 6.45) is 6.88. The van der Waals surface area contributed by atoms with E-state index in [9.17, 15) is 0 Å². The van der Waals surface area contributed by atoms with Crippen LogP contribution in [0.4, 0.5) is 0 Å². The molecule has 0 aliphatic heterocycles. The van der Waals surface area contributed by atoms with E-state index in [4.69, 9.17) is 21.4 Å². The van der Waals surface area contributed by atoms with Crippen LogP contribution in [0.1, 0.15) is 60.4 Å². The number of nitrogens with two attached hydrogens (primary N) is 2. The maximum absolute atomic E-state index is 5.96. The summed E-state index contributed by atoms with van der Waals surface area (Å²) in [4.78, 5) is 9.52. The lowest BCUT2D eigenvalue weighted by Crippen LogP contribution is -2.14. The molecule has 6 heteroatoms. The summed E-state index contributed by atoms with van der Waals surface area (Å²) < 4.78 is 0.